The number of nitrogens with zero attached hydrogens (tertiary/aromatic N) is 7. The van der Waals surface area contributed by atoms with Gasteiger partial charge >= 0.3 is 0 Å². The van der Waals surface area contributed by atoms with Crippen molar-refractivity contribution >= 4 is 21.5 Å². The van der Waals surface area contributed by atoms with E-state index in [1.54, 1.807) is 6.07 Å². The highest BCUT2D eigenvalue weighted by molar-refractivity contribution is 7.88. The molecule has 3 aromatic heterocycles. The summed E-state index contributed by atoms with van der Waals surface area (Å²) >= 11 is 0. The number of rotatable bonds is 4. The number of fused-ring (bicyclic) bond motifs is 1. The maximum Gasteiger partial charge on any atom is 0.282 e. The molecule has 0 radical (unpaired) electrons. The van der Waals surface area contributed by atoms with Gasteiger partial charge in [-0.2, -0.15) is 5.10 Å². The normalized spacial score (nSPS) is 16.5. The average molecular weight is 423 g/mol. The molecule has 9 nitrogen and oxygen atoms in total. The third kappa shape index (κ3) is 4.03. The van der Waals surface area contributed by atoms with Crippen LogP contribution in [-0.2, 0) is 10.0 Å². The van der Waals surface area contributed by atoms with Crippen LogP contribution in [0, 0.1) is 0 Å². The monoisotopic (exact) mass is 423 g/mol. The summed E-state index contributed by atoms with van der Waals surface area (Å²) in [5.41, 5.74) is 1.05. The molecule has 1 aliphatic heterocycles. The minimum absolute atomic E-state index is 0.348. The van der Waals surface area contributed by atoms with E-state index in [2.05, 4.69) is 20.1 Å². The fourth-order valence-corrected chi connectivity index (χ4v) is 4.17. The lowest BCUT2D eigenvalue weighted by molar-refractivity contribution is 0.144. The SMILES string of the molecule is CS(=O)(=O)N1CCCN(c2cc(-c3cnc4ccc(C(F)F)nn34)ncn2)CC1. The molecule has 0 aliphatic carbocycles. The van der Waals surface area contributed by atoms with Crippen LogP contribution in [0.15, 0.2) is 30.7 Å². The molecule has 0 aromatic carbocycles. The van der Waals surface area contributed by atoms with Crippen LogP contribution in [-0.4, -0.2) is 69.7 Å². The summed E-state index contributed by atoms with van der Waals surface area (Å²) in [4.78, 5) is 14.7. The van der Waals surface area contributed by atoms with Gasteiger partial charge in [-0.15, -0.1) is 0 Å². The Hall–Kier alpha value is -2.73. The van der Waals surface area contributed by atoms with E-state index in [0.29, 0.717) is 55.5 Å². The van der Waals surface area contributed by atoms with Crippen molar-refractivity contribution in [3.8, 4) is 11.4 Å². The van der Waals surface area contributed by atoms with E-state index >= 15 is 0 Å². The maximum absolute atomic E-state index is 13.0. The van der Waals surface area contributed by atoms with Crippen LogP contribution in [0.4, 0.5) is 14.6 Å². The minimum atomic E-state index is -3.24. The van der Waals surface area contributed by atoms with E-state index < -0.39 is 16.4 Å². The molecule has 0 unspecified atom stereocenters. The number of hydrogen-bond acceptors (Lipinski definition) is 7. The van der Waals surface area contributed by atoms with Crippen LogP contribution in [0.1, 0.15) is 18.5 Å². The van der Waals surface area contributed by atoms with Crippen LogP contribution in [0.3, 0.4) is 0 Å². The highest BCUT2D eigenvalue weighted by Crippen LogP contribution is 2.24. The summed E-state index contributed by atoms with van der Waals surface area (Å²) in [5, 5.41) is 3.96. The Bertz CT molecular complexity index is 1140. The summed E-state index contributed by atoms with van der Waals surface area (Å²) in [6, 6.07) is 4.46. The standard InChI is InChI=1S/C17H19F2N7O2S/c1-29(27,28)25-6-2-5-24(7-8-25)16-9-13(21-11-22-16)14-10-20-15-4-3-12(17(18)19)23-26(14)15/h3-4,9-11,17H,2,5-8H2,1H3. The van der Waals surface area contributed by atoms with Gasteiger partial charge in [0.25, 0.3) is 6.43 Å². The predicted octanol–water partition coefficient (Wildman–Crippen LogP) is 1.60. The van der Waals surface area contributed by atoms with Crippen molar-refractivity contribution in [2.24, 2.45) is 0 Å². The zero-order chi connectivity index (χ0) is 20.6. The molecule has 3 aromatic rings. The first-order chi connectivity index (χ1) is 13.8. The molecule has 0 N–H and O–H groups in total. The van der Waals surface area contributed by atoms with E-state index in [-0.39, 0.29) is 5.69 Å². The number of alkyl halides is 2. The van der Waals surface area contributed by atoms with Crippen molar-refractivity contribution in [2.45, 2.75) is 12.8 Å². The first-order valence-corrected chi connectivity index (χ1v) is 10.8. The van der Waals surface area contributed by atoms with Crippen LogP contribution in [0.5, 0.6) is 0 Å². The third-order valence-electron chi connectivity index (χ3n) is 4.77. The van der Waals surface area contributed by atoms with Crippen LogP contribution in [0.2, 0.25) is 0 Å². The van der Waals surface area contributed by atoms with Gasteiger partial charge in [-0.3, -0.25) is 0 Å². The van der Waals surface area contributed by atoms with Crippen LogP contribution < -0.4 is 4.90 Å². The largest absolute Gasteiger partial charge is 0.355 e. The predicted molar refractivity (Wildman–Crippen MR) is 102 cm³/mol. The smallest absolute Gasteiger partial charge is 0.282 e. The lowest BCUT2D eigenvalue weighted by Gasteiger charge is -2.22. The Morgan fingerprint density at radius 1 is 1.07 bits per heavy atom. The van der Waals surface area contributed by atoms with Gasteiger partial charge < -0.3 is 4.90 Å². The third-order valence-corrected chi connectivity index (χ3v) is 6.07. The molecule has 12 heteroatoms. The van der Waals surface area contributed by atoms with Gasteiger partial charge in [-0.1, -0.05) is 0 Å². The van der Waals surface area contributed by atoms with Crippen molar-refractivity contribution in [3.63, 3.8) is 0 Å². The van der Waals surface area contributed by atoms with Crippen molar-refractivity contribution in [1.82, 2.24) is 28.9 Å². The fraction of sp³-hybridized carbons (Fsp3) is 0.412. The van der Waals surface area contributed by atoms with E-state index in [9.17, 15) is 17.2 Å². The molecule has 1 fully saturated rings. The highest BCUT2D eigenvalue weighted by Gasteiger charge is 2.22. The average Bonchev–Trinajstić information content (AvgIpc) is 2.93. The van der Waals surface area contributed by atoms with E-state index in [0.717, 1.165) is 0 Å². The van der Waals surface area contributed by atoms with Crippen molar-refractivity contribution < 1.29 is 17.2 Å². The summed E-state index contributed by atoms with van der Waals surface area (Å²) in [7, 11) is -3.24. The molecule has 1 aliphatic rings. The zero-order valence-corrected chi connectivity index (χ0v) is 16.4. The van der Waals surface area contributed by atoms with Crippen LogP contribution >= 0.6 is 0 Å². The Morgan fingerprint density at radius 2 is 1.90 bits per heavy atom. The number of sulfonamides is 1. The lowest BCUT2D eigenvalue weighted by Crippen LogP contribution is -2.34. The Labute approximate surface area is 166 Å². The maximum atomic E-state index is 13.0. The highest BCUT2D eigenvalue weighted by atomic mass is 32.2. The van der Waals surface area contributed by atoms with Crippen molar-refractivity contribution in [3.05, 3.63) is 36.4 Å². The summed E-state index contributed by atoms with van der Waals surface area (Å²) < 4.78 is 52.4. The molecule has 0 spiro atoms. The van der Waals surface area contributed by atoms with Crippen molar-refractivity contribution in [1.29, 1.82) is 0 Å². The number of anilines is 1. The molecule has 4 heterocycles. The second-order valence-corrected chi connectivity index (χ2v) is 8.72. The second-order valence-electron chi connectivity index (χ2n) is 6.74. The summed E-state index contributed by atoms with van der Waals surface area (Å²) in [6.45, 7) is 1.96. The first-order valence-electron chi connectivity index (χ1n) is 8.98. The van der Waals surface area contributed by atoms with Gasteiger partial charge in [0.2, 0.25) is 10.0 Å². The first kappa shape index (κ1) is 19.6. The summed E-state index contributed by atoms with van der Waals surface area (Å²) in [5.74, 6) is 0.630. The number of halogens is 2. The van der Waals surface area contributed by atoms with Gasteiger partial charge in [0.05, 0.1) is 18.1 Å². The van der Waals surface area contributed by atoms with E-state index in [4.69, 9.17) is 0 Å². The molecule has 0 bridgehead atoms. The Balaban J connectivity index is 1.64. The van der Waals surface area contributed by atoms with Gasteiger partial charge in [-0.25, -0.2) is 41.0 Å². The second kappa shape index (κ2) is 7.59. The summed E-state index contributed by atoms with van der Waals surface area (Å²) in [6.07, 6.45) is 2.10. The molecule has 0 saturated carbocycles. The van der Waals surface area contributed by atoms with Crippen LogP contribution in [0.25, 0.3) is 17.0 Å². The minimum Gasteiger partial charge on any atom is -0.355 e. The number of aromatic nitrogens is 5. The molecule has 29 heavy (non-hydrogen) atoms. The lowest BCUT2D eigenvalue weighted by atomic mass is 10.3. The van der Waals surface area contributed by atoms with Gasteiger partial charge in [0, 0.05) is 32.2 Å². The number of hydrogen-bond donors (Lipinski definition) is 0. The van der Waals surface area contributed by atoms with Crippen molar-refractivity contribution in [2.75, 3.05) is 37.3 Å². The molecular formula is C17H19F2N7O2S. The molecule has 0 amide bonds. The van der Waals surface area contributed by atoms with E-state index in [1.165, 1.54) is 39.7 Å². The quantitative estimate of drug-likeness (QED) is 0.629. The topological polar surface area (TPSA) is 96.6 Å². The molecule has 4 rings (SSSR count). The molecule has 0 atom stereocenters. The molecule has 1 saturated heterocycles. The number of imidazole rings is 1. The van der Waals surface area contributed by atoms with Gasteiger partial charge in [-0.05, 0) is 18.6 Å². The molecular weight excluding hydrogens is 404 g/mol. The molecule has 154 valence electrons. The Morgan fingerprint density at radius 3 is 2.66 bits per heavy atom. The van der Waals surface area contributed by atoms with E-state index in [1.807, 2.05) is 4.90 Å². The van der Waals surface area contributed by atoms with Gasteiger partial charge in [0.15, 0.2) is 5.65 Å². The fourth-order valence-electron chi connectivity index (χ4n) is 3.29. The van der Waals surface area contributed by atoms with Gasteiger partial charge in [0.1, 0.15) is 23.5 Å². The zero-order valence-electron chi connectivity index (χ0n) is 15.6. The Kier molecular flexibility index (Phi) is 5.13.